The molecule has 0 amide bonds. The quantitative estimate of drug-likeness (QED) is 0.613. The predicted octanol–water partition coefficient (Wildman–Crippen LogP) is 2.17. The number of benzene rings is 1. The Kier molecular flexibility index (Phi) is 5.04. The van der Waals surface area contributed by atoms with Gasteiger partial charge in [-0.15, -0.1) is 0 Å². The molecule has 0 saturated carbocycles. The van der Waals surface area contributed by atoms with Crippen molar-refractivity contribution < 1.29 is 5.11 Å². The Bertz CT molecular complexity index is 1000. The van der Waals surface area contributed by atoms with Crippen LogP contribution in [0.5, 0.6) is 0 Å². The van der Waals surface area contributed by atoms with Gasteiger partial charge in [-0.2, -0.15) is 5.10 Å². The third-order valence-corrected chi connectivity index (χ3v) is 6.32. The highest BCUT2D eigenvalue weighted by atomic mass is 16.3. The second kappa shape index (κ2) is 7.85. The summed E-state index contributed by atoms with van der Waals surface area (Å²) in [7, 11) is 0. The standard InChI is InChI=1S/C22H29N7O/c1-14-11-23-12-15(2)29(14)22-24-13-19-21(25-22)20(27-26-19)16-3-5-17(6-4-16)28-9-7-18(30)8-10-28/h3-6,13-15,18,23,30H,7-12H2,1-2H3,(H,26,27)/t14-,15+. The number of hydrogen-bond donors (Lipinski definition) is 3. The van der Waals surface area contributed by atoms with Gasteiger partial charge in [-0.1, -0.05) is 12.1 Å². The number of nitrogens with one attached hydrogen (secondary N) is 2. The van der Waals surface area contributed by atoms with Gasteiger partial charge in [0.2, 0.25) is 5.95 Å². The van der Waals surface area contributed by atoms with Crippen molar-refractivity contribution in [3.05, 3.63) is 30.5 Å². The molecule has 3 N–H and O–H groups in total. The number of piperazine rings is 1. The Labute approximate surface area is 176 Å². The highest BCUT2D eigenvalue weighted by Gasteiger charge is 2.27. The van der Waals surface area contributed by atoms with Crippen LogP contribution in [0.2, 0.25) is 0 Å². The van der Waals surface area contributed by atoms with Crippen molar-refractivity contribution in [3.63, 3.8) is 0 Å². The number of H-pyrrole nitrogens is 1. The van der Waals surface area contributed by atoms with E-state index in [1.54, 1.807) is 0 Å². The van der Waals surface area contributed by atoms with Crippen LogP contribution in [-0.4, -0.2) is 69.6 Å². The van der Waals surface area contributed by atoms with E-state index in [4.69, 9.17) is 4.98 Å². The van der Waals surface area contributed by atoms with Gasteiger partial charge in [-0.25, -0.2) is 9.97 Å². The van der Waals surface area contributed by atoms with E-state index in [1.165, 1.54) is 5.69 Å². The molecule has 2 saturated heterocycles. The van der Waals surface area contributed by atoms with Crippen LogP contribution < -0.4 is 15.1 Å². The van der Waals surface area contributed by atoms with E-state index in [0.29, 0.717) is 12.1 Å². The molecule has 0 unspecified atom stereocenters. The average molecular weight is 408 g/mol. The number of fused-ring (bicyclic) bond motifs is 1. The van der Waals surface area contributed by atoms with Crippen LogP contribution in [0.1, 0.15) is 26.7 Å². The molecule has 3 aromatic rings. The molecule has 2 aromatic heterocycles. The number of aromatic amines is 1. The first-order valence-corrected chi connectivity index (χ1v) is 10.8. The van der Waals surface area contributed by atoms with Crippen molar-refractivity contribution in [2.45, 2.75) is 44.9 Å². The SMILES string of the molecule is C[C@@H]1CNC[C@H](C)N1c1ncc2[nH]nc(-c3ccc(N4CCC(O)CC4)cc3)c2n1. The zero-order valence-electron chi connectivity index (χ0n) is 17.5. The normalized spacial score (nSPS) is 23.3. The molecule has 8 nitrogen and oxygen atoms in total. The van der Waals surface area contributed by atoms with E-state index < -0.39 is 0 Å². The second-order valence-electron chi connectivity index (χ2n) is 8.53. The van der Waals surface area contributed by atoms with E-state index in [9.17, 15) is 5.11 Å². The smallest absolute Gasteiger partial charge is 0.226 e. The lowest BCUT2D eigenvalue weighted by Gasteiger charge is -2.39. The summed E-state index contributed by atoms with van der Waals surface area (Å²) in [4.78, 5) is 14.1. The molecule has 0 bridgehead atoms. The van der Waals surface area contributed by atoms with E-state index >= 15 is 0 Å². The van der Waals surface area contributed by atoms with Crippen LogP contribution in [0.15, 0.2) is 30.5 Å². The van der Waals surface area contributed by atoms with Crippen molar-refractivity contribution in [1.29, 1.82) is 0 Å². The largest absolute Gasteiger partial charge is 0.393 e. The van der Waals surface area contributed by atoms with Crippen LogP contribution in [0.4, 0.5) is 11.6 Å². The van der Waals surface area contributed by atoms with Crippen LogP contribution in [0.25, 0.3) is 22.3 Å². The summed E-state index contributed by atoms with van der Waals surface area (Å²) >= 11 is 0. The Morgan fingerprint density at radius 3 is 2.43 bits per heavy atom. The van der Waals surface area contributed by atoms with Gasteiger partial charge in [-0.3, -0.25) is 5.10 Å². The maximum Gasteiger partial charge on any atom is 0.226 e. The molecule has 0 radical (unpaired) electrons. The third-order valence-electron chi connectivity index (χ3n) is 6.32. The minimum absolute atomic E-state index is 0.161. The molecule has 5 rings (SSSR count). The van der Waals surface area contributed by atoms with Gasteiger partial charge in [0.25, 0.3) is 0 Å². The third kappa shape index (κ3) is 3.50. The first-order chi connectivity index (χ1) is 14.6. The molecule has 0 aliphatic carbocycles. The van der Waals surface area contributed by atoms with Crippen molar-refractivity contribution in [2.75, 3.05) is 36.0 Å². The minimum Gasteiger partial charge on any atom is -0.393 e. The lowest BCUT2D eigenvalue weighted by atomic mass is 10.1. The minimum atomic E-state index is -0.161. The molecule has 4 heterocycles. The van der Waals surface area contributed by atoms with Gasteiger partial charge in [0.15, 0.2) is 0 Å². The molecule has 1 aromatic carbocycles. The predicted molar refractivity (Wildman–Crippen MR) is 119 cm³/mol. The molecule has 2 fully saturated rings. The van der Waals surface area contributed by atoms with E-state index in [2.05, 4.69) is 68.4 Å². The number of anilines is 2. The number of aromatic nitrogens is 4. The lowest BCUT2D eigenvalue weighted by molar-refractivity contribution is 0.145. The van der Waals surface area contributed by atoms with Crippen molar-refractivity contribution in [3.8, 4) is 11.3 Å². The number of rotatable bonds is 3. The second-order valence-corrected chi connectivity index (χ2v) is 8.53. The molecule has 158 valence electrons. The topological polar surface area (TPSA) is 93.2 Å². The summed E-state index contributed by atoms with van der Waals surface area (Å²) in [6, 6.07) is 9.15. The van der Waals surface area contributed by atoms with Gasteiger partial charge < -0.3 is 20.2 Å². The van der Waals surface area contributed by atoms with E-state index in [0.717, 1.165) is 67.3 Å². The summed E-state index contributed by atoms with van der Waals surface area (Å²) in [5, 5.41) is 20.8. The molecule has 2 aliphatic heterocycles. The first kappa shape index (κ1) is 19.3. The van der Waals surface area contributed by atoms with Crippen LogP contribution in [0.3, 0.4) is 0 Å². The molecule has 2 atom stereocenters. The Hall–Kier alpha value is -2.71. The highest BCUT2D eigenvalue weighted by Crippen LogP contribution is 2.29. The molecular weight excluding hydrogens is 378 g/mol. The molecule has 2 aliphatic rings. The van der Waals surface area contributed by atoms with Gasteiger partial charge in [0, 0.05) is 49.5 Å². The zero-order chi connectivity index (χ0) is 20.7. The zero-order valence-corrected chi connectivity index (χ0v) is 17.5. The van der Waals surface area contributed by atoms with E-state index in [-0.39, 0.29) is 6.10 Å². The van der Waals surface area contributed by atoms with Gasteiger partial charge >= 0.3 is 0 Å². The summed E-state index contributed by atoms with van der Waals surface area (Å²) < 4.78 is 0. The number of nitrogens with zero attached hydrogens (tertiary/aromatic N) is 5. The van der Waals surface area contributed by atoms with Crippen LogP contribution >= 0.6 is 0 Å². The van der Waals surface area contributed by atoms with E-state index in [1.807, 2.05) is 6.20 Å². The lowest BCUT2D eigenvalue weighted by Crippen LogP contribution is -2.55. The van der Waals surface area contributed by atoms with Gasteiger partial charge in [-0.05, 0) is 38.8 Å². The fraction of sp³-hybridized carbons (Fsp3) is 0.500. The number of hydrogen-bond acceptors (Lipinski definition) is 7. The summed E-state index contributed by atoms with van der Waals surface area (Å²) in [5.74, 6) is 0.759. The molecule has 8 heteroatoms. The van der Waals surface area contributed by atoms with Crippen molar-refractivity contribution >= 4 is 22.7 Å². The summed E-state index contributed by atoms with van der Waals surface area (Å²) in [6.07, 6.45) is 3.33. The van der Waals surface area contributed by atoms with Crippen LogP contribution in [-0.2, 0) is 0 Å². The Morgan fingerprint density at radius 2 is 1.73 bits per heavy atom. The van der Waals surface area contributed by atoms with Gasteiger partial charge in [0.1, 0.15) is 16.7 Å². The summed E-state index contributed by atoms with van der Waals surface area (Å²) in [5.41, 5.74) is 4.77. The fourth-order valence-electron chi connectivity index (χ4n) is 4.61. The van der Waals surface area contributed by atoms with Crippen molar-refractivity contribution in [1.82, 2.24) is 25.5 Å². The van der Waals surface area contributed by atoms with Crippen molar-refractivity contribution in [2.24, 2.45) is 0 Å². The average Bonchev–Trinajstić information content (AvgIpc) is 3.18. The summed E-state index contributed by atoms with van der Waals surface area (Å²) in [6.45, 7) is 8.04. The molecule has 0 spiro atoms. The molecular formula is C22H29N7O. The maximum atomic E-state index is 9.74. The maximum absolute atomic E-state index is 9.74. The molecule has 30 heavy (non-hydrogen) atoms. The number of piperidine rings is 1. The first-order valence-electron chi connectivity index (χ1n) is 10.8. The number of aliphatic hydroxyl groups is 1. The Morgan fingerprint density at radius 1 is 1.03 bits per heavy atom. The van der Waals surface area contributed by atoms with Crippen LogP contribution in [0, 0.1) is 0 Å². The van der Waals surface area contributed by atoms with Gasteiger partial charge in [0.05, 0.1) is 12.3 Å². The number of aliphatic hydroxyl groups excluding tert-OH is 1. The fourth-order valence-corrected chi connectivity index (χ4v) is 4.61. The highest BCUT2D eigenvalue weighted by molar-refractivity contribution is 5.90. The Balaban J connectivity index is 1.44. The monoisotopic (exact) mass is 407 g/mol.